The van der Waals surface area contributed by atoms with Crippen molar-refractivity contribution in [1.82, 2.24) is 4.90 Å². The molecule has 5 nitrogen and oxygen atoms in total. The van der Waals surface area contributed by atoms with Crippen molar-refractivity contribution in [3.05, 3.63) is 58.7 Å². The minimum absolute atomic E-state index is 0.233. The van der Waals surface area contributed by atoms with E-state index in [1.165, 1.54) is 4.90 Å². The Morgan fingerprint density at radius 3 is 2.42 bits per heavy atom. The van der Waals surface area contributed by atoms with Gasteiger partial charge >= 0.3 is 0 Å². The second kappa shape index (κ2) is 7.20. The number of aryl methyl sites for hydroxylation is 1. The van der Waals surface area contributed by atoms with Crippen LogP contribution >= 0.6 is 0 Å². The van der Waals surface area contributed by atoms with E-state index in [9.17, 15) is 9.59 Å². The number of amides is 2. The first-order valence-corrected chi connectivity index (χ1v) is 8.81. The monoisotopic (exact) mass is 353 g/mol. The van der Waals surface area contributed by atoms with Crippen molar-refractivity contribution in [2.75, 3.05) is 13.7 Å². The van der Waals surface area contributed by atoms with Gasteiger partial charge in [0, 0.05) is 0 Å². The average molecular weight is 353 g/mol. The first-order chi connectivity index (χ1) is 12.5. The van der Waals surface area contributed by atoms with Crippen LogP contribution in [0.4, 0.5) is 0 Å². The molecule has 0 saturated heterocycles. The third-order valence-electron chi connectivity index (χ3n) is 4.73. The first kappa shape index (κ1) is 18.0. The fourth-order valence-corrected chi connectivity index (χ4v) is 3.49. The molecule has 1 atom stereocenters. The summed E-state index contributed by atoms with van der Waals surface area (Å²) in [5.41, 5.74) is 2.66. The zero-order chi connectivity index (χ0) is 18.8. The van der Waals surface area contributed by atoms with Gasteiger partial charge in [-0.2, -0.15) is 0 Å². The van der Waals surface area contributed by atoms with Crippen molar-refractivity contribution >= 4 is 11.8 Å². The van der Waals surface area contributed by atoms with E-state index in [2.05, 4.69) is 0 Å². The lowest BCUT2D eigenvalue weighted by Crippen LogP contribution is -2.34. The predicted octanol–water partition coefficient (Wildman–Crippen LogP) is 4.15. The van der Waals surface area contributed by atoms with E-state index in [-0.39, 0.29) is 17.9 Å². The maximum absolute atomic E-state index is 13.0. The van der Waals surface area contributed by atoms with Crippen LogP contribution in [0.2, 0.25) is 0 Å². The number of ether oxygens (including phenoxy) is 2. The molecule has 5 heteroatoms. The lowest BCUT2D eigenvalue weighted by molar-refractivity contribution is 0.0577. The van der Waals surface area contributed by atoms with Crippen LogP contribution in [0.5, 0.6) is 11.5 Å². The Hall–Kier alpha value is -2.82. The van der Waals surface area contributed by atoms with Crippen molar-refractivity contribution in [2.45, 2.75) is 33.2 Å². The van der Waals surface area contributed by atoms with Crippen LogP contribution in [0.15, 0.2) is 36.4 Å². The van der Waals surface area contributed by atoms with Gasteiger partial charge in [0.25, 0.3) is 11.8 Å². The number of benzene rings is 2. The second-order valence-electron chi connectivity index (χ2n) is 6.25. The lowest BCUT2D eigenvalue weighted by atomic mass is 10.0. The molecule has 136 valence electrons. The Bertz CT molecular complexity index is 859. The minimum atomic E-state index is -0.355. The summed E-state index contributed by atoms with van der Waals surface area (Å²) in [5.74, 6) is 0.764. The smallest absolute Gasteiger partial charge is 0.262 e. The quantitative estimate of drug-likeness (QED) is 0.732. The van der Waals surface area contributed by atoms with E-state index in [1.54, 1.807) is 13.2 Å². The van der Waals surface area contributed by atoms with Gasteiger partial charge in [0.05, 0.1) is 30.9 Å². The zero-order valence-corrected chi connectivity index (χ0v) is 15.5. The molecule has 0 bridgehead atoms. The first-order valence-electron chi connectivity index (χ1n) is 8.81. The van der Waals surface area contributed by atoms with Gasteiger partial charge in [-0.3, -0.25) is 14.5 Å². The van der Waals surface area contributed by atoms with Crippen LogP contribution in [0.25, 0.3) is 0 Å². The summed E-state index contributed by atoms with van der Waals surface area (Å²) in [6.07, 6.45) is 0.614. The molecule has 0 saturated carbocycles. The molecule has 3 rings (SSSR count). The van der Waals surface area contributed by atoms with Crippen molar-refractivity contribution in [3.8, 4) is 11.5 Å². The highest BCUT2D eigenvalue weighted by Crippen LogP contribution is 2.37. The highest BCUT2D eigenvalue weighted by molar-refractivity contribution is 6.22. The van der Waals surface area contributed by atoms with Gasteiger partial charge in [0.2, 0.25) is 0 Å². The van der Waals surface area contributed by atoms with Crippen LogP contribution in [0.3, 0.4) is 0 Å². The van der Waals surface area contributed by atoms with Crippen molar-refractivity contribution < 1.29 is 19.1 Å². The highest BCUT2D eigenvalue weighted by Gasteiger charge is 2.40. The van der Waals surface area contributed by atoms with Gasteiger partial charge in [0.1, 0.15) is 0 Å². The maximum Gasteiger partial charge on any atom is 0.262 e. The Morgan fingerprint density at radius 1 is 1.04 bits per heavy atom. The van der Waals surface area contributed by atoms with Crippen molar-refractivity contribution in [1.29, 1.82) is 0 Å². The third kappa shape index (κ3) is 2.83. The number of hydrogen-bond donors (Lipinski definition) is 0. The van der Waals surface area contributed by atoms with Crippen molar-refractivity contribution in [2.24, 2.45) is 0 Å². The van der Waals surface area contributed by atoms with Crippen LogP contribution in [-0.2, 0) is 0 Å². The molecule has 2 amide bonds. The topological polar surface area (TPSA) is 55.8 Å². The minimum Gasteiger partial charge on any atom is -0.493 e. The summed E-state index contributed by atoms with van der Waals surface area (Å²) < 4.78 is 11.0. The number of methoxy groups -OCH3 is 1. The SMILES string of the molecule is CCOc1cc(C(CC)N2C(=O)c3cccc(C)c3C2=O)ccc1OC. The van der Waals surface area contributed by atoms with Gasteiger partial charge in [-0.1, -0.05) is 25.1 Å². The van der Waals surface area contributed by atoms with E-state index in [1.807, 2.05) is 51.1 Å². The molecule has 0 radical (unpaired) electrons. The number of hydrogen-bond acceptors (Lipinski definition) is 4. The fourth-order valence-electron chi connectivity index (χ4n) is 3.49. The van der Waals surface area contributed by atoms with Gasteiger partial charge in [0.15, 0.2) is 11.5 Å². The molecule has 2 aromatic carbocycles. The fraction of sp³-hybridized carbons (Fsp3) is 0.333. The number of rotatable bonds is 6. The van der Waals surface area contributed by atoms with Crippen LogP contribution in [-0.4, -0.2) is 30.4 Å². The Balaban J connectivity index is 2.03. The van der Waals surface area contributed by atoms with Gasteiger partial charge < -0.3 is 9.47 Å². The van der Waals surface area contributed by atoms with Crippen LogP contribution < -0.4 is 9.47 Å². The standard InChI is InChI=1S/C21H23NO4/c1-5-16(14-10-11-17(25-4)18(12-14)26-6-2)22-20(23)15-9-7-8-13(3)19(15)21(22)24/h7-12,16H,5-6H2,1-4H3. The van der Waals surface area contributed by atoms with E-state index in [4.69, 9.17) is 9.47 Å². The molecule has 26 heavy (non-hydrogen) atoms. The summed E-state index contributed by atoms with van der Waals surface area (Å²) in [6.45, 7) is 6.22. The molecule has 0 N–H and O–H groups in total. The third-order valence-corrected chi connectivity index (χ3v) is 4.73. The molecular formula is C21H23NO4. The normalized spacial score (nSPS) is 14.4. The zero-order valence-electron chi connectivity index (χ0n) is 15.5. The number of fused-ring (bicyclic) bond motifs is 1. The Labute approximate surface area is 153 Å². The maximum atomic E-state index is 13.0. The van der Waals surface area contributed by atoms with E-state index >= 15 is 0 Å². The average Bonchev–Trinajstić information content (AvgIpc) is 2.89. The van der Waals surface area contributed by atoms with Crippen molar-refractivity contribution in [3.63, 3.8) is 0 Å². The summed E-state index contributed by atoms with van der Waals surface area (Å²) in [4.78, 5) is 27.3. The molecule has 0 fully saturated rings. The molecule has 1 heterocycles. The Kier molecular flexibility index (Phi) is 4.98. The van der Waals surface area contributed by atoms with E-state index in [0.29, 0.717) is 35.7 Å². The highest BCUT2D eigenvalue weighted by atomic mass is 16.5. The van der Waals surface area contributed by atoms with Crippen LogP contribution in [0.1, 0.15) is 58.2 Å². The summed E-state index contributed by atoms with van der Waals surface area (Å²) in [7, 11) is 1.59. The summed E-state index contributed by atoms with van der Waals surface area (Å²) in [5, 5.41) is 0. The predicted molar refractivity (Wildman–Crippen MR) is 98.9 cm³/mol. The van der Waals surface area contributed by atoms with E-state index in [0.717, 1.165) is 11.1 Å². The number of imide groups is 1. The molecule has 1 aliphatic rings. The molecule has 1 aliphatic heterocycles. The molecule has 0 aromatic heterocycles. The van der Waals surface area contributed by atoms with Gasteiger partial charge in [-0.25, -0.2) is 0 Å². The number of nitrogens with zero attached hydrogens (tertiary/aromatic N) is 1. The van der Waals surface area contributed by atoms with Crippen LogP contribution in [0, 0.1) is 6.92 Å². The number of carbonyl (C=O) groups excluding carboxylic acids is 2. The van der Waals surface area contributed by atoms with Gasteiger partial charge in [-0.05, 0) is 49.6 Å². The molecule has 2 aromatic rings. The molecule has 0 spiro atoms. The number of carbonyl (C=O) groups is 2. The summed E-state index contributed by atoms with van der Waals surface area (Å²) in [6, 6.07) is 10.6. The Morgan fingerprint density at radius 2 is 1.81 bits per heavy atom. The summed E-state index contributed by atoms with van der Waals surface area (Å²) >= 11 is 0. The largest absolute Gasteiger partial charge is 0.493 e. The second-order valence-corrected chi connectivity index (χ2v) is 6.25. The van der Waals surface area contributed by atoms with Gasteiger partial charge in [-0.15, -0.1) is 0 Å². The lowest BCUT2D eigenvalue weighted by Gasteiger charge is -2.26. The molecule has 1 unspecified atom stereocenters. The van der Waals surface area contributed by atoms with E-state index < -0.39 is 0 Å². The molecule has 0 aliphatic carbocycles. The molecular weight excluding hydrogens is 330 g/mol.